The van der Waals surface area contributed by atoms with Crippen LogP contribution in [0.15, 0.2) is 48.5 Å². The molecule has 2 amide bonds. The first-order chi connectivity index (χ1) is 15.2. The van der Waals surface area contributed by atoms with E-state index in [1.165, 1.54) is 5.56 Å². The summed E-state index contributed by atoms with van der Waals surface area (Å²) in [5, 5.41) is 12.6. The minimum atomic E-state index is -0.153. The summed E-state index contributed by atoms with van der Waals surface area (Å²) >= 11 is 0. The van der Waals surface area contributed by atoms with E-state index in [-0.39, 0.29) is 25.0 Å². The molecule has 0 bridgehead atoms. The molecule has 0 saturated carbocycles. The molecule has 0 unspecified atom stereocenters. The third-order valence-electron chi connectivity index (χ3n) is 5.56. The Kier molecular flexibility index (Phi) is 6.64. The molecule has 2 aromatic carbocycles. The Hall–Kier alpha value is -3.16. The molecule has 3 aromatic rings. The number of fused-ring (bicyclic) bond motifs is 3. The van der Waals surface area contributed by atoms with E-state index >= 15 is 0 Å². The van der Waals surface area contributed by atoms with Crippen molar-refractivity contribution in [2.75, 3.05) is 32.9 Å². The fraction of sp³-hybridized carbons (Fsp3) is 0.333. The van der Waals surface area contributed by atoms with Gasteiger partial charge in [-0.2, -0.15) is 0 Å². The largest absolute Gasteiger partial charge is 0.394 e. The first-order valence-corrected chi connectivity index (χ1v) is 10.6. The quantitative estimate of drug-likeness (QED) is 0.485. The van der Waals surface area contributed by atoms with Gasteiger partial charge in [0, 0.05) is 35.2 Å². The van der Waals surface area contributed by atoms with E-state index in [9.17, 15) is 9.59 Å². The van der Waals surface area contributed by atoms with Crippen LogP contribution < -0.4 is 5.32 Å². The van der Waals surface area contributed by atoms with Gasteiger partial charge in [0.15, 0.2) is 0 Å². The molecule has 4 rings (SSSR count). The average Bonchev–Trinajstić information content (AvgIpc) is 3.16. The van der Waals surface area contributed by atoms with Crippen molar-refractivity contribution in [2.45, 2.75) is 19.4 Å². The zero-order valence-corrected chi connectivity index (χ0v) is 17.4. The summed E-state index contributed by atoms with van der Waals surface area (Å²) in [6.45, 7) is 2.21. The first-order valence-electron chi connectivity index (χ1n) is 10.6. The molecular weight excluding hydrogens is 394 g/mol. The van der Waals surface area contributed by atoms with Gasteiger partial charge in [0.1, 0.15) is 0 Å². The smallest absolute Gasteiger partial charge is 0.251 e. The molecule has 0 spiro atoms. The van der Waals surface area contributed by atoms with Crippen molar-refractivity contribution < 1.29 is 19.4 Å². The highest BCUT2D eigenvalue weighted by Crippen LogP contribution is 2.28. The molecule has 31 heavy (non-hydrogen) atoms. The van der Waals surface area contributed by atoms with E-state index < -0.39 is 0 Å². The van der Waals surface area contributed by atoms with Gasteiger partial charge in [-0.3, -0.25) is 9.59 Å². The number of ether oxygens (including phenoxy) is 1. The molecule has 162 valence electrons. The SMILES string of the molecule is O=C(NCCOCCO)c1ccc2[nH]c3c(c2c1)CCN(C(=O)Cc1ccccc1)C3. The number of carbonyl (C=O) groups excluding carboxylic acids is 2. The number of nitrogens with zero attached hydrogens (tertiary/aromatic N) is 1. The lowest BCUT2D eigenvalue weighted by molar-refractivity contribution is -0.131. The number of benzene rings is 2. The van der Waals surface area contributed by atoms with Gasteiger partial charge < -0.3 is 25.0 Å². The molecule has 1 aliphatic rings. The number of rotatable bonds is 8. The molecule has 7 nitrogen and oxygen atoms in total. The lowest BCUT2D eigenvalue weighted by Gasteiger charge is -2.27. The zero-order chi connectivity index (χ0) is 21.6. The van der Waals surface area contributed by atoms with Crippen LogP contribution >= 0.6 is 0 Å². The maximum atomic E-state index is 12.7. The van der Waals surface area contributed by atoms with Crippen LogP contribution in [-0.4, -0.2) is 59.7 Å². The molecule has 2 heterocycles. The monoisotopic (exact) mass is 421 g/mol. The average molecular weight is 421 g/mol. The van der Waals surface area contributed by atoms with Crippen LogP contribution in [0, 0.1) is 0 Å². The number of aliphatic hydroxyl groups excluding tert-OH is 1. The highest BCUT2D eigenvalue weighted by molar-refractivity contribution is 5.99. The number of aliphatic hydroxyl groups is 1. The third-order valence-corrected chi connectivity index (χ3v) is 5.56. The van der Waals surface area contributed by atoms with Gasteiger partial charge >= 0.3 is 0 Å². The van der Waals surface area contributed by atoms with Gasteiger partial charge in [0.2, 0.25) is 5.91 Å². The lowest BCUT2D eigenvalue weighted by atomic mass is 10.0. The number of hydrogen-bond donors (Lipinski definition) is 3. The Morgan fingerprint density at radius 2 is 1.97 bits per heavy atom. The fourth-order valence-corrected chi connectivity index (χ4v) is 3.98. The van der Waals surface area contributed by atoms with Crippen LogP contribution in [0.3, 0.4) is 0 Å². The number of amides is 2. The van der Waals surface area contributed by atoms with E-state index in [0.29, 0.717) is 38.2 Å². The fourth-order valence-electron chi connectivity index (χ4n) is 3.98. The van der Waals surface area contributed by atoms with Gasteiger partial charge in [-0.1, -0.05) is 30.3 Å². The molecule has 0 fully saturated rings. The minimum absolute atomic E-state index is 0.0293. The molecule has 0 radical (unpaired) electrons. The predicted octanol–water partition coefficient (Wildman–Crippen LogP) is 2.03. The number of hydrogen-bond acceptors (Lipinski definition) is 4. The number of H-pyrrole nitrogens is 1. The summed E-state index contributed by atoms with van der Waals surface area (Å²) in [5.41, 5.74) is 4.81. The van der Waals surface area contributed by atoms with Gasteiger partial charge in [0.05, 0.1) is 32.8 Å². The van der Waals surface area contributed by atoms with E-state index in [1.54, 1.807) is 6.07 Å². The Morgan fingerprint density at radius 3 is 2.77 bits per heavy atom. The molecular formula is C24H27N3O4. The summed E-state index contributed by atoms with van der Waals surface area (Å²) < 4.78 is 5.17. The number of nitrogens with one attached hydrogen (secondary N) is 2. The summed E-state index contributed by atoms with van der Waals surface area (Å²) in [4.78, 5) is 30.5. The van der Waals surface area contributed by atoms with Gasteiger partial charge in [-0.25, -0.2) is 0 Å². The van der Waals surface area contributed by atoms with Crippen molar-refractivity contribution in [2.24, 2.45) is 0 Å². The summed E-state index contributed by atoms with van der Waals surface area (Å²) in [5.74, 6) is -0.0288. The second-order valence-corrected chi connectivity index (χ2v) is 7.66. The van der Waals surface area contributed by atoms with Crippen molar-refractivity contribution in [3.05, 3.63) is 70.9 Å². The third kappa shape index (κ3) is 4.95. The van der Waals surface area contributed by atoms with Crippen LogP contribution in [0.2, 0.25) is 0 Å². The standard InChI is InChI=1S/C24H27N3O4/c28-11-13-31-12-9-25-24(30)18-6-7-21-20(15-18)19-8-10-27(16-22(19)26-21)23(29)14-17-4-2-1-3-5-17/h1-7,15,26,28H,8-14,16H2,(H,25,30). The topological polar surface area (TPSA) is 94.7 Å². The van der Waals surface area contributed by atoms with Crippen LogP contribution in [0.25, 0.3) is 10.9 Å². The molecule has 1 aromatic heterocycles. The van der Waals surface area contributed by atoms with Crippen molar-refractivity contribution in [1.82, 2.24) is 15.2 Å². The van der Waals surface area contributed by atoms with E-state index in [1.807, 2.05) is 47.4 Å². The van der Waals surface area contributed by atoms with E-state index in [2.05, 4.69) is 10.3 Å². The Labute approximate surface area is 181 Å². The van der Waals surface area contributed by atoms with Crippen molar-refractivity contribution in [3.63, 3.8) is 0 Å². The second kappa shape index (κ2) is 9.76. The van der Waals surface area contributed by atoms with Crippen molar-refractivity contribution in [3.8, 4) is 0 Å². The van der Waals surface area contributed by atoms with Crippen LogP contribution in [0.4, 0.5) is 0 Å². The summed E-state index contributed by atoms with van der Waals surface area (Å²) in [6.07, 6.45) is 1.17. The van der Waals surface area contributed by atoms with Crippen LogP contribution in [-0.2, 0) is 28.9 Å². The van der Waals surface area contributed by atoms with Crippen LogP contribution in [0.1, 0.15) is 27.2 Å². The Morgan fingerprint density at radius 1 is 1.13 bits per heavy atom. The molecule has 0 atom stereocenters. The normalized spacial score (nSPS) is 13.3. The highest BCUT2D eigenvalue weighted by Gasteiger charge is 2.24. The second-order valence-electron chi connectivity index (χ2n) is 7.66. The molecule has 0 saturated heterocycles. The summed E-state index contributed by atoms with van der Waals surface area (Å²) in [6, 6.07) is 15.4. The maximum Gasteiger partial charge on any atom is 0.251 e. The molecule has 7 heteroatoms. The van der Waals surface area contributed by atoms with E-state index in [0.717, 1.165) is 28.6 Å². The summed E-state index contributed by atoms with van der Waals surface area (Å²) in [7, 11) is 0. The first kappa shape index (κ1) is 21.1. The van der Waals surface area contributed by atoms with Crippen molar-refractivity contribution >= 4 is 22.7 Å². The van der Waals surface area contributed by atoms with Crippen LogP contribution in [0.5, 0.6) is 0 Å². The highest BCUT2D eigenvalue weighted by atomic mass is 16.5. The Balaban J connectivity index is 1.43. The predicted molar refractivity (Wildman–Crippen MR) is 118 cm³/mol. The number of aromatic amines is 1. The van der Waals surface area contributed by atoms with Gasteiger partial charge in [-0.05, 0) is 35.7 Å². The minimum Gasteiger partial charge on any atom is -0.394 e. The molecule has 1 aliphatic heterocycles. The molecule has 3 N–H and O–H groups in total. The number of aromatic nitrogens is 1. The number of carbonyl (C=O) groups is 2. The lowest BCUT2D eigenvalue weighted by Crippen LogP contribution is -2.36. The van der Waals surface area contributed by atoms with Gasteiger partial charge in [0.25, 0.3) is 5.91 Å². The molecule has 0 aliphatic carbocycles. The maximum absolute atomic E-state index is 12.7. The Bertz CT molecular complexity index is 1060. The van der Waals surface area contributed by atoms with Crippen molar-refractivity contribution in [1.29, 1.82) is 0 Å². The zero-order valence-electron chi connectivity index (χ0n) is 17.4. The van der Waals surface area contributed by atoms with E-state index in [4.69, 9.17) is 9.84 Å². The van der Waals surface area contributed by atoms with Gasteiger partial charge in [-0.15, -0.1) is 0 Å².